The van der Waals surface area contributed by atoms with Crippen LogP contribution in [0.2, 0.25) is 0 Å². The standard InChI is InChI=1S/C18H17F2N3O2/c19-13-5-7-14(8-6-13)22-9-11-23(12-10-22)18(25)17(24)21-16-4-2-1-3-15(16)20/h1-8H,9-12H2,(H,21,24). The van der Waals surface area contributed by atoms with E-state index in [2.05, 4.69) is 5.32 Å². The van der Waals surface area contributed by atoms with E-state index in [-0.39, 0.29) is 11.5 Å². The van der Waals surface area contributed by atoms with E-state index < -0.39 is 17.6 Å². The Hall–Kier alpha value is -2.96. The summed E-state index contributed by atoms with van der Waals surface area (Å²) in [5.74, 6) is -2.45. The highest BCUT2D eigenvalue weighted by atomic mass is 19.1. The molecule has 5 nitrogen and oxygen atoms in total. The third-order valence-corrected chi connectivity index (χ3v) is 4.07. The van der Waals surface area contributed by atoms with E-state index in [1.54, 1.807) is 18.2 Å². The van der Waals surface area contributed by atoms with Gasteiger partial charge in [0.25, 0.3) is 0 Å². The molecule has 7 heteroatoms. The predicted octanol–water partition coefficient (Wildman–Crippen LogP) is 2.25. The number of rotatable bonds is 2. The monoisotopic (exact) mass is 345 g/mol. The first-order valence-corrected chi connectivity index (χ1v) is 7.90. The number of halogens is 2. The molecule has 1 heterocycles. The quantitative estimate of drug-likeness (QED) is 0.850. The summed E-state index contributed by atoms with van der Waals surface area (Å²) in [4.78, 5) is 27.7. The van der Waals surface area contributed by atoms with Crippen LogP contribution in [0, 0.1) is 11.6 Å². The molecule has 0 radical (unpaired) electrons. The number of anilines is 2. The summed E-state index contributed by atoms with van der Waals surface area (Å²) in [6.07, 6.45) is 0. The van der Waals surface area contributed by atoms with Gasteiger partial charge in [0, 0.05) is 31.9 Å². The maximum atomic E-state index is 13.5. The van der Waals surface area contributed by atoms with E-state index in [0.29, 0.717) is 26.2 Å². The molecule has 0 atom stereocenters. The van der Waals surface area contributed by atoms with Gasteiger partial charge in [-0.3, -0.25) is 9.59 Å². The number of hydrogen-bond donors (Lipinski definition) is 1. The van der Waals surface area contributed by atoms with Crippen LogP contribution in [0.15, 0.2) is 48.5 Å². The van der Waals surface area contributed by atoms with Crippen molar-refractivity contribution in [1.29, 1.82) is 0 Å². The molecule has 1 aliphatic rings. The summed E-state index contributed by atoms with van der Waals surface area (Å²) in [6.45, 7) is 1.79. The van der Waals surface area contributed by atoms with Gasteiger partial charge in [-0.05, 0) is 36.4 Å². The van der Waals surface area contributed by atoms with Crippen LogP contribution in [0.25, 0.3) is 0 Å². The Bertz CT molecular complexity index is 772. The first-order chi connectivity index (χ1) is 12.0. The molecule has 1 aliphatic heterocycles. The van der Waals surface area contributed by atoms with Crippen molar-refractivity contribution in [2.45, 2.75) is 0 Å². The second-order valence-electron chi connectivity index (χ2n) is 5.69. The molecule has 1 fully saturated rings. The van der Waals surface area contributed by atoms with Crippen molar-refractivity contribution in [2.75, 3.05) is 36.4 Å². The molecule has 2 aromatic carbocycles. The molecule has 0 unspecified atom stereocenters. The summed E-state index contributed by atoms with van der Waals surface area (Å²) in [5.41, 5.74) is 0.843. The zero-order chi connectivity index (χ0) is 17.8. The average Bonchev–Trinajstić information content (AvgIpc) is 2.64. The number of benzene rings is 2. The first-order valence-electron chi connectivity index (χ1n) is 7.90. The summed E-state index contributed by atoms with van der Waals surface area (Å²) in [5, 5.41) is 2.30. The minimum Gasteiger partial charge on any atom is -0.368 e. The molecule has 1 saturated heterocycles. The van der Waals surface area contributed by atoms with Crippen LogP contribution in [0.1, 0.15) is 0 Å². The Morgan fingerprint density at radius 3 is 2.16 bits per heavy atom. The number of carbonyl (C=O) groups is 2. The van der Waals surface area contributed by atoms with E-state index >= 15 is 0 Å². The van der Waals surface area contributed by atoms with Crippen LogP contribution in [-0.2, 0) is 9.59 Å². The Morgan fingerprint density at radius 2 is 1.52 bits per heavy atom. The van der Waals surface area contributed by atoms with Crippen LogP contribution in [0.3, 0.4) is 0 Å². The Morgan fingerprint density at radius 1 is 0.880 bits per heavy atom. The Balaban J connectivity index is 1.57. The zero-order valence-corrected chi connectivity index (χ0v) is 13.4. The molecule has 25 heavy (non-hydrogen) atoms. The SMILES string of the molecule is O=C(Nc1ccccc1F)C(=O)N1CCN(c2ccc(F)cc2)CC1. The van der Waals surface area contributed by atoms with Crippen molar-refractivity contribution in [3.05, 3.63) is 60.2 Å². The number of piperazine rings is 1. The van der Waals surface area contributed by atoms with E-state index in [1.165, 1.54) is 35.2 Å². The predicted molar refractivity (Wildman–Crippen MR) is 90.2 cm³/mol. The third-order valence-electron chi connectivity index (χ3n) is 4.07. The highest BCUT2D eigenvalue weighted by molar-refractivity contribution is 6.39. The molecule has 1 N–H and O–H groups in total. The van der Waals surface area contributed by atoms with Crippen LogP contribution in [0.5, 0.6) is 0 Å². The molecule has 0 saturated carbocycles. The van der Waals surface area contributed by atoms with Gasteiger partial charge in [-0.25, -0.2) is 8.78 Å². The number of amides is 2. The van der Waals surface area contributed by atoms with Crippen molar-refractivity contribution in [2.24, 2.45) is 0 Å². The van der Waals surface area contributed by atoms with Crippen molar-refractivity contribution in [3.8, 4) is 0 Å². The van der Waals surface area contributed by atoms with Crippen LogP contribution >= 0.6 is 0 Å². The van der Waals surface area contributed by atoms with Gasteiger partial charge in [0.05, 0.1) is 5.69 Å². The fraction of sp³-hybridized carbons (Fsp3) is 0.222. The number of nitrogens with zero attached hydrogens (tertiary/aromatic N) is 2. The molecule has 0 aliphatic carbocycles. The fourth-order valence-electron chi connectivity index (χ4n) is 2.70. The highest BCUT2D eigenvalue weighted by Crippen LogP contribution is 2.17. The number of hydrogen-bond acceptors (Lipinski definition) is 3. The van der Waals surface area contributed by atoms with Crippen molar-refractivity contribution >= 4 is 23.2 Å². The number of para-hydroxylation sites is 1. The summed E-state index contributed by atoms with van der Waals surface area (Å²) < 4.78 is 26.5. The maximum Gasteiger partial charge on any atom is 0.313 e. The van der Waals surface area contributed by atoms with Crippen LogP contribution < -0.4 is 10.2 Å². The van der Waals surface area contributed by atoms with Crippen LogP contribution in [-0.4, -0.2) is 42.9 Å². The molecular formula is C18H17F2N3O2. The molecule has 2 aromatic rings. The van der Waals surface area contributed by atoms with Gasteiger partial charge in [-0.2, -0.15) is 0 Å². The normalized spacial score (nSPS) is 14.3. The lowest BCUT2D eigenvalue weighted by Crippen LogP contribution is -2.51. The lowest BCUT2D eigenvalue weighted by Gasteiger charge is -2.35. The molecule has 0 aromatic heterocycles. The van der Waals surface area contributed by atoms with Crippen molar-refractivity contribution in [1.82, 2.24) is 4.90 Å². The van der Waals surface area contributed by atoms with Crippen LogP contribution in [0.4, 0.5) is 20.2 Å². The maximum absolute atomic E-state index is 13.5. The molecule has 3 rings (SSSR count). The van der Waals surface area contributed by atoms with E-state index in [1.807, 2.05) is 4.90 Å². The van der Waals surface area contributed by atoms with Crippen molar-refractivity contribution in [3.63, 3.8) is 0 Å². The Labute approximate surface area is 143 Å². The van der Waals surface area contributed by atoms with Gasteiger partial charge in [0.2, 0.25) is 0 Å². The number of carbonyl (C=O) groups excluding carboxylic acids is 2. The second kappa shape index (κ2) is 7.29. The Kier molecular flexibility index (Phi) is 4.92. The lowest BCUT2D eigenvalue weighted by molar-refractivity contribution is -0.143. The molecule has 2 amide bonds. The second-order valence-corrected chi connectivity index (χ2v) is 5.69. The fourth-order valence-corrected chi connectivity index (χ4v) is 2.70. The van der Waals surface area contributed by atoms with Gasteiger partial charge < -0.3 is 15.1 Å². The van der Waals surface area contributed by atoms with E-state index in [9.17, 15) is 18.4 Å². The smallest absolute Gasteiger partial charge is 0.313 e. The zero-order valence-electron chi connectivity index (χ0n) is 13.4. The third kappa shape index (κ3) is 3.93. The largest absolute Gasteiger partial charge is 0.368 e. The summed E-state index contributed by atoms with van der Waals surface area (Å²) in [6, 6.07) is 11.8. The number of nitrogens with one attached hydrogen (secondary N) is 1. The molecule has 0 bridgehead atoms. The minimum atomic E-state index is -0.861. The first kappa shape index (κ1) is 16.9. The van der Waals surface area contributed by atoms with E-state index in [0.717, 1.165) is 5.69 Å². The topological polar surface area (TPSA) is 52.7 Å². The molecule has 0 spiro atoms. The summed E-state index contributed by atoms with van der Waals surface area (Å²) >= 11 is 0. The van der Waals surface area contributed by atoms with E-state index in [4.69, 9.17) is 0 Å². The summed E-state index contributed by atoms with van der Waals surface area (Å²) in [7, 11) is 0. The van der Waals surface area contributed by atoms with Gasteiger partial charge in [0.1, 0.15) is 11.6 Å². The molecule has 130 valence electrons. The van der Waals surface area contributed by atoms with Crippen molar-refractivity contribution < 1.29 is 18.4 Å². The highest BCUT2D eigenvalue weighted by Gasteiger charge is 2.26. The van der Waals surface area contributed by atoms with Gasteiger partial charge in [-0.15, -0.1) is 0 Å². The molecular weight excluding hydrogens is 328 g/mol. The van der Waals surface area contributed by atoms with Gasteiger partial charge >= 0.3 is 11.8 Å². The average molecular weight is 345 g/mol. The lowest BCUT2D eigenvalue weighted by atomic mass is 10.2. The minimum absolute atomic E-state index is 0.0224. The van der Waals surface area contributed by atoms with Gasteiger partial charge in [-0.1, -0.05) is 12.1 Å². The van der Waals surface area contributed by atoms with Gasteiger partial charge in [0.15, 0.2) is 0 Å².